The molecule has 0 bridgehead atoms. The Morgan fingerprint density at radius 2 is 1.62 bits per heavy atom. The second-order valence-corrected chi connectivity index (χ2v) is 8.85. The van der Waals surface area contributed by atoms with Crippen molar-refractivity contribution in [1.82, 2.24) is 9.21 Å². The van der Waals surface area contributed by atoms with Crippen LogP contribution in [0.2, 0.25) is 0 Å². The van der Waals surface area contributed by atoms with Crippen molar-refractivity contribution in [2.24, 2.45) is 0 Å². The van der Waals surface area contributed by atoms with E-state index in [0.717, 1.165) is 22.7 Å². The summed E-state index contributed by atoms with van der Waals surface area (Å²) in [7, 11) is -3.95. The lowest BCUT2D eigenvalue weighted by molar-refractivity contribution is -0.146. The van der Waals surface area contributed by atoms with Crippen LogP contribution in [0.3, 0.4) is 0 Å². The molecule has 1 unspecified atom stereocenters. The quantitative estimate of drug-likeness (QED) is 0.710. The van der Waals surface area contributed by atoms with Crippen molar-refractivity contribution < 1.29 is 23.1 Å². The number of carbonyl (C=O) groups is 2. The monoisotopic (exact) mass is 416 g/mol. The second kappa shape index (κ2) is 9.19. The maximum atomic E-state index is 13.0. The number of benzene rings is 2. The fourth-order valence-corrected chi connectivity index (χ4v) is 5.12. The summed E-state index contributed by atoms with van der Waals surface area (Å²) >= 11 is 0. The van der Waals surface area contributed by atoms with Crippen LogP contribution in [0.15, 0.2) is 65.6 Å². The summed E-state index contributed by atoms with van der Waals surface area (Å²) < 4.78 is 27.0. The maximum absolute atomic E-state index is 13.0. The molecule has 2 aromatic carbocycles. The minimum atomic E-state index is -3.95. The Kier molecular flexibility index (Phi) is 6.66. The van der Waals surface area contributed by atoms with Crippen molar-refractivity contribution in [3.8, 4) is 0 Å². The Bertz CT molecular complexity index is 948. The zero-order valence-corrected chi connectivity index (χ0v) is 16.8. The number of hydrogen-bond donors (Lipinski definition) is 1. The van der Waals surface area contributed by atoms with Gasteiger partial charge >= 0.3 is 5.97 Å². The zero-order valence-electron chi connectivity index (χ0n) is 16.0. The first kappa shape index (κ1) is 21.0. The molecule has 29 heavy (non-hydrogen) atoms. The average molecular weight is 416 g/mol. The highest BCUT2D eigenvalue weighted by Gasteiger charge is 2.42. The van der Waals surface area contributed by atoms with E-state index < -0.39 is 34.4 Å². The standard InChI is InChI=1S/C21H24N2O5S/c24-20(25)16-19-21(26)22(13-7-10-17-8-3-1-4-9-17)14-15-23(19)29(27,28)18-11-5-2-6-12-18/h1-6,8-9,11-12,19H,7,10,13-16H2,(H,24,25). The first-order chi connectivity index (χ1) is 13.9. The molecule has 3 rings (SSSR count). The molecule has 7 nitrogen and oxygen atoms in total. The van der Waals surface area contributed by atoms with Gasteiger partial charge in [0.15, 0.2) is 0 Å². The molecule has 1 heterocycles. The molecule has 1 fully saturated rings. The molecule has 1 amide bonds. The predicted molar refractivity (Wildman–Crippen MR) is 108 cm³/mol. The van der Waals surface area contributed by atoms with E-state index in [-0.39, 0.29) is 18.0 Å². The van der Waals surface area contributed by atoms with Crippen LogP contribution in [0.4, 0.5) is 0 Å². The normalized spacial score (nSPS) is 18.0. The van der Waals surface area contributed by atoms with Crippen LogP contribution in [0.5, 0.6) is 0 Å². The van der Waals surface area contributed by atoms with Gasteiger partial charge in [-0.1, -0.05) is 48.5 Å². The van der Waals surface area contributed by atoms with E-state index in [0.29, 0.717) is 6.54 Å². The van der Waals surface area contributed by atoms with E-state index in [4.69, 9.17) is 0 Å². The number of amides is 1. The van der Waals surface area contributed by atoms with Crippen LogP contribution in [0.1, 0.15) is 18.4 Å². The minimum absolute atomic E-state index is 0.0562. The fraction of sp³-hybridized carbons (Fsp3) is 0.333. The van der Waals surface area contributed by atoms with E-state index >= 15 is 0 Å². The van der Waals surface area contributed by atoms with Crippen molar-refractivity contribution in [1.29, 1.82) is 0 Å². The van der Waals surface area contributed by atoms with Crippen molar-refractivity contribution in [3.63, 3.8) is 0 Å². The van der Waals surface area contributed by atoms with Crippen LogP contribution in [-0.2, 0) is 26.0 Å². The summed E-state index contributed by atoms with van der Waals surface area (Å²) in [6.45, 7) is 0.783. The van der Waals surface area contributed by atoms with Gasteiger partial charge in [0, 0.05) is 19.6 Å². The number of piperazine rings is 1. The van der Waals surface area contributed by atoms with Crippen LogP contribution < -0.4 is 0 Å². The molecule has 1 N–H and O–H groups in total. The Hall–Kier alpha value is -2.71. The molecule has 0 aromatic heterocycles. The van der Waals surface area contributed by atoms with E-state index in [1.807, 2.05) is 30.3 Å². The fourth-order valence-electron chi connectivity index (χ4n) is 3.53. The van der Waals surface area contributed by atoms with E-state index in [1.165, 1.54) is 12.1 Å². The van der Waals surface area contributed by atoms with Gasteiger partial charge in [0.1, 0.15) is 6.04 Å². The number of carboxylic acid groups (broad SMARTS) is 1. The number of rotatable bonds is 8. The highest BCUT2D eigenvalue weighted by Crippen LogP contribution is 2.24. The third-order valence-corrected chi connectivity index (χ3v) is 6.91. The molecular weight excluding hydrogens is 392 g/mol. The van der Waals surface area contributed by atoms with Crippen LogP contribution in [-0.4, -0.2) is 60.3 Å². The van der Waals surface area contributed by atoms with E-state index in [2.05, 4.69) is 0 Å². The Labute approximate surface area is 170 Å². The number of nitrogens with zero attached hydrogens (tertiary/aromatic N) is 2. The topological polar surface area (TPSA) is 95.0 Å². The largest absolute Gasteiger partial charge is 0.481 e. The summed E-state index contributed by atoms with van der Waals surface area (Å²) in [6, 6.07) is 16.4. The summed E-state index contributed by atoms with van der Waals surface area (Å²) in [6.07, 6.45) is 0.960. The average Bonchev–Trinajstić information content (AvgIpc) is 2.71. The number of sulfonamides is 1. The molecule has 1 saturated heterocycles. The van der Waals surface area contributed by atoms with Gasteiger partial charge < -0.3 is 10.0 Å². The second-order valence-electron chi connectivity index (χ2n) is 6.96. The highest BCUT2D eigenvalue weighted by molar-refractivity contribution is 7.89. The van der Waals surface area contributed by atoms with Crippen LogP contribution >= 0.6 is 0 Å². The number of hydrogen-bond acceptors (Lipinski definition) is 4. The van der Waals surface area contributed by atoms with Gasteiger partial charge in [-0.25, -0.2) is 8.42 Å². The smallest absolute Gasteiger partial charge is 0.305 e. The van der Waals surface area contributed by atoms with Gasteiger partial charge in [-0.05, 0) is 30.5 Å². The Morgan fingerprint density at radius 3 is 2.24 bits per heavy atom. The molecule has 154 valence electrons. The molecule has 0 radical (unpaired) electrons. The zero-order chi connectivity index (χ0) is 20.9. The number of carboxylic acids is 1. The molecule has 1 atom stereocenters. The van der Waals surface area contributed by atoms with Crippen molar-refractivity contribution in [3.05, 3.63) is 66.2 Å². The first-order valence-electron chi connectivity index (χ1n) is 9.51. The molecule has 2 aromatic rings. The van der Waals surface area contributed by atoms with Crippen molar-refractivity contribution >= 4 is 21.9 Å². The maximum Gasteiger partial charge on any atom is 0.305 e. The summed E-state index contributed by atoms with van der Waals surface area (Å²) in [4.78, 5) is 25.9. The number of aryl methyl sites for hydroxylation is 1. The lowest BCUT2D eigenvalue weighted by Gasteiger charge is -2.39. The third kappa shape index (κ3) is 5.02. The molecule has 8 heteroatoms. The Morgan fingerprint density at radius 1 is 1.00 bits per heavy atom. The third-order valence-electron chi connectivity index (χ3n) is 4.99. The van der Waals surface area contributed by atoms with Gasteiger partial charge in [-0.3, -0.25) is 9.59 Å². The first-order valence-corrected chi connectivity index (χ1v) is 10.9. The van der Waals surface area contributed by atoms with Crippen molar-refractivity contribution in [2.45, 2.75) is 30.2 Å². The van der Waals surface area contributed by atoms with Gasteiger partial charge in [0.2, 0.25) is 15.9 Å². The predicted octanol–water partition coefficient (Wildman–Crippen LogP) is 2.00. The lowest BCUT2D eigenvalue weighted by Crippen LogP contribution is -2.59. The minimum Gasteiger partial charge on any atom is -0.481 e. The van der Waals surface area contributed by atoms with Gasteiger partial charge in [0.25, 0.3) is 0 Å². The van der Waals surface area contributed by atoms with E-state index in [1.54, 1.807) is 23.1 Å². The highest BCUT2D eigenvalue weighted by atomic mass is 32.2. The van der Waals surface area contributed by atoms with Crippen LogP contribution in [0.25, 0.3) is 0 Å². The Balaban J connectivity index is 1.73. The molecule has 1 aliphatic heterocycles. The lowest BCUT2D eigenvalue weighted by atomic mass is 10.1. The molecule has 0 spiro atoms. The summed E-state index contributed by atoms with van der Waals surface area (Å²) in [5, 5.41) is 9.26. The summed E-state index contributed by atoms with van der Waals surface area (Å²) in [5.41, 5.74) is 1.16. The number of carbonyl (C=O) groups excluding carboxylic acids is 1. The molecule has 1 aliphatic rings. The molecule has 0 saturated carbocycles. The summed E-state index contributed by atoms with van der Waals surface area (Å²) in [5.74, 6) is -1.66. The van der Waals surface area contributed by atoms with Gasteiger partial charge in [-0.2, -0.15) is 4.31 Å². The van der Waals surface area contributed by atoms with Crippen LogP contribution in [0, 0.1) is 0 Å². The van der Waals surface area contributed by atoms with Crippen molar-refractivity contribution in [2.75, 3.05) is 19.6 Å². The SMILES string of the molecule is O=C(O)CC1C(=O)N(CCCc2ccccc2)CCN1S(=O)(=O)c1ccccc1. The van der Waals surface area contributed by atoms with Gasteiger partial charge in [-0.15, -0.1) is 0 Å². The van der Waals surface area contributed by atoms with E-state index in [9.17, 15) is 23.1 Å². The number of aliphatic carboxylic acids is 1. The van der Waals surface area contributed by atoms with Gasteiger partial charge in [0.05, 0.1) is 11.3 Å². The molecular formula is C21H24N2O5S. The molecule has 0 aliphatic carbocycles.